The summed E-state index contributed by atoms with van der Waals surface area (Å²) in [7, 11) is 0. The van der Waals surface area contributed by atoms with Gasteiger partial charge in [-0.05, 0) is 35.4 Å². The van der Waals surface area contributed by atoms with Crippen LogP contribution in [0.5, 0.6) is 0 Å². The first kappa shape index (κ1) is 14.9. The number of nitro groups is 1. The Morgan fingerprint density at radius 2 is 1.62 bits per heavy atom. The Bertz CT molecular complexity index is 638. The first-order chi connectivity index (χ1) is 10.0. The average Bonchev–Trinajstić information content (AvgIpc) is 2.50. The van der Waals surface area contributed by atoms with E-state index in [0.29, 0.717) is 5.56 Å². The van der Waals surface area contributed by atoms with Crippen LogP contribution in [0, 0.1) is 15.9 Å². The van der Waals surface area contributed by atoms with Crippen molar-refractivity contribution in [2.75, 3.05) is 0 Å². The Morgan fingerprint density at radius 1 is 1.10 bits per heavy atom. The van der Waals surface area contributed by atoms with E-state index in [2.05, 4.69) is 6.58 Å². The highest BCUT2D eigenvalue weighted by Gasteiger charge is 2.20. The van der Waals surface area contributed by atoms with Gasteiger partial charge >= 0.3 is 0 Å². The Labute approximate surface area is 121 Å². The van der Waals surface area contributed by atoms with Crippen molar-refractivity contribution < 1.29 is 14.4 Å². The minimum Gasteiger partial charge on any atom is -0.387 e. The normalized spacial score (nSPS) is 13.4. The summed E-state index contributed by atoms with van der Waals surface area (Å²) in [4.78, 5) is 10.1. The fourth-order valence-electron chi connectivity index (χ4n) is 2.13. The predicted octanol–water partition coefficient (Wildman–Crippen LogP) is 3.74. The second-order valence-electron chi connectivity index (χ2n) is 4.61. The molecule has 0 unspecified atom stereocenters. The van der Waals surface area contributed by atoms with E-state index >= 15 is 0 Å². The molecule has 0 spiro atoms. The molecule has 0 fully saturated rings. The van der Waals surface area contributed by atoms with E-state index in [1.165, 1.54) is 36.4 Å². The Morgan fingerprint density at radius 3 is 2.10 bits per heavy atom. The van der Waals surface area contributed by atoms with Gasteiger partial charge in [0, 0.05) is 18.1 Å². The molecule has 0 amide bonds. The molecule has 1 N–H and O–H groups in total. The third-order valence-electron chi connectivity index (χ3n) is 3.29. The number of hydrogen-bond donors (Lipinski definition) is 1. The second kappa shape index (κ2) is 6.28. The van der Waals surface area contributed by atoms with Crippen LogP contribution in [0.15, 0.2) is 61.2 Å². The monoisotopic (exact) mass is 287 g/mol. The molecule has 0 heterocycles. The Hall–Kier alpha value is -2.53. The van der Waals surface area contributed by atoms with Gasteiger partial charge in [0.05, 0.1) is 11.0 Å². The molecule has 0 saturated carbocycles. The average molecular weight is 287 g/mol. The number of rotatable bonds is 5. The van der Waals surface area contributed by atoms with Crippen LogP contribution in [-0.2, 0) is 0 Å². The van der Waals surface area contributed by atoms with Gasteiger partial charge in [-0.1, -0.05) is 18.2 Å². The smallest absolute Gasteiger partial charge is 0.269 e. The van der Waals surface area contributed by atoms with Crippen LogP contribution in [0.1, 0.15) is 23.1 Å². The highest BCUT2D eigenvalue weighted by molar-refractivity contribution is 5.36. The van der Waals surface area contributed by atoms with Crippen molar-refractivity contribution in [2.24, 2.45) is 0 Å². The summed E-state index contributed by atoms with van der Waals surface area (Å²) < 4.78 is 12.9. The number of aliphatic hydroxyl groups excluding tert-OH is 1. The van der Waals surface area contributed by atoms with Crippen LogP contribution in [0.4, 0.5) is 10.1 Å². The number of halogens is 1. The van der Waals surface area contributed by atoms with E-state index in [0.717, 1.165) is 5.56 Å². The molecule has 0 aliphatic heterocycles. The molecule has 0 saturated heterocycles. The molecule has 2 atom stereocenters. The maximum absolute atomic E-state index is 12.9. The highest BCUT2D eigenvalue weighted by atomic mass is 19.1. The van der Waals surface area contributed by atoms with Crippen molar-refractivity contribution in [1.82, 2.24) is 0 Å². The molecule has 108 valence electrons. The minimum atomic E-state index is -0.909. The van der Waals surface area contributed by atoms with Crippen molar-refractivity contribution in [2.45, 2.75) is 12.0 Å². The lowest BCUT2D eigenvalue weighted by Gasteiger charge is -2.20. The van der Waals surface area contributed by atoms with E-state index in [-0.39, 0.29) is 11.5 Å². The largest absolute Gasteiger partial charge is 0.387 e. The zero-order chi connectivity index (χ0) is 15.4. The summed E-state index contributed by atoms with van der Waals surface area (Å²) in [5.74, 6) is -0.779. The first-order valence-corrected chi connectivity index (χ1v) is 6.33. The van der Waals surface area contributed by atoms with Crippen LogP contribution in [0.25, 0.3) is 0 Å². The number of nitro benzene ring substituents is 1. The zero-order valence-corrected chi connectivity index (χ0v) is 11.1. The van der Waals surface area contributed by atoms with E-state index in [1.54, 1.807) is 18.2 Å². The second-order valence-corrected chi connectivity index (χ2v) is 4.61. The third kappa shape index (κ3) is 3.32. The molecule has 0 aliphatic rings. The molecule has 5 heteroatoms. The van der Waals surface area contributed by atoms with Crippen molar-refractivity contribution in [3.05, 3.63) is 88.2 Å². The topological polar surface area (TPSA) is 63.4 Å². The van der Waals surface area contributed by atoms with E-state index in [4.69, 9.17) is 0 Å². The molecule has 2 aromatic rings. The molecular formula is C16H14FNO3. The predicted molar refractivity (Wildman–Crippen MR) is 77.4 cm³/mol. The molecule has 0 aromatic heterocycles. The van der Waals surface area contributed by atoms with E-state index in [9.17, 15) is 19.6 Å². The lowest BCUT2D eigenvalue weighted by molar-refractivity contribution is -0.384. The standard InChI is InChI=1S/C16H14FNO3/c1-2-15(11-3-7-13(17)8-4-11)16(19)12-5-9-14(10-6-12)18(20)21/h2-10,15-16,19H,1H2/t15-,16-/m1/s1. The fraction of sp³-hybridized carbons (Fsp3) is 0.125. The Kier molecular flexibility index (Phi) is 4.45. The summed E-state index contributed by atoms with van der Waals surface area (Å²) >= 11 is 0. The van der Waals surface area contributed by atoms with Crippen LogP contribution in [0.3, 0.4) is 0 Å². The van der Waals surface area contributed by atoms with Gasteiger partial charge in [0.25, 0.3) is 5.69 Å². The maximum Gasteiger partial charge on any atom is 0.269 e. The molecule has 21 heavy (non-hydrogen) atoms. The van der Waals surface area contributed by atoms with Crippen molar-refractivity contribution in [3.8, 4) is 0 Å². The number of benzene rings is 2. The van der Waals surface area contributed by atoms with Crippen molar-refractivity contribution >= 4 is 5.69 Å². The van der Waals surface area contributed by atoms with Crippen LogP contribution >= 0.6 is 0 Å². The molecule has 0 aliphatic carbocycles. The molecule has 0 radical (unpaired) electrons. The van der Waals surface area contributed by atoms with Gasteiger partial charge in [0.1, 0.15) is 5.82 Å². The van der Waals surface area contributed by atoms with Gasteiger partial charge in [-0.3, -0.25) is 10.1 Å². The van der Waals surface area contributed by atoms with E-state index < -0.39 is 16.9 Å². The summed E-state index contributed by atoms with van der Waals surface area (Å²) in [6.07, 6.45) is 0.660. The van der Waals surface area contributed by atoms with Crippen molar-refractivity contribution in [1.29, 1.82) is 0 Å². The van der Waals surface area contributed by atoms with E-state index in [1.807, 2.05) is 0 Å². The van der Waals surface area contributed by atoms with Gasteiger partial charge in [0.2, 0.25) is 0 Å². The van der Waals surface area contributed by atoms with Gasteiger partial charge < -0.3 is 5.11 Å². The molecule has 2 aromatic carbocycles. The fourth-order valence-corrected chi connectivity index (χ4v) is 2.13. The van der Waals surface area contributed by atoms with Gasteiger partial charge in [-0.25, -0.2) is 4.39 Å². The van der Waals surface area contributed by atoms with Crippen molar-refractivity contribution in [3.63, 3.8) is 0 Å². The number of nitrogens with zero attached hydrogens (tertiary/aromatic N) is 1. The molecular weight excluding hydrogens is 273 g/mol. The van der Waals surface area contributed by atoms with Gasteiger partial charge in [-0.15, -0.1) is 6.58 Å². The summed E-state index contributed by atoms with van der Waals surface area (Å²) in [6.45, 7) is 3.69. The SMILES string of the molecule is C=C[C@H](c1ccc(F)cc1)[C@H](O)c1ccc([N+](=O)[O-])cc1. The van der Waals surface area contributed by atoms with Crippen LogP contribution in [0.2, 0.25) is 0 Å². The van der Waals surface area contributed by atoms with Crippen LogP contribution in [-0.4, -0.2) is 10.0 Å². The van der Waals surface area contributed by atoms with Gasteiger partial charge in [-0.2, -0.15) is 0 Å². The lowest BCUT2D eigenvalue weighted by atomic mass is 9.89. The maximum atomic E-state index is 12.9. The minimum absolute atomic E-state index is 0.0390. The van der Waals surface area contributed by atoms with Gasteiger partial charge in [0.15, 0.2) is 0 Å². The number of hydrogen-bond acceptors (Lipinski definition) is 3. The number of aliphatic hydroxyl groups is 1. The Balaban J connectivity index is 2.27. The summed E-state index contributed by atoms with van der Waals surface area (Å²) in [6, 6.07) is 11.5. The quantitative estimate of drug-likeness (QED) is 0.517. The molecule has 4 nitrogen and oxygen atoms in total. The third-order valence-corrected chi connectivity index (χ3v) is 3.29. The molecule has 0 bridgehead atoms. The zero-order valence-electron chi connectivity index (χ0n) is 11.1. The summed E-state index contributed by atoms with van der Waals surface area (Å²) in [5, 5.41) is 21.0. The molecule has 2 rings (SSSR count). The lowest BCUT2D eigenvalue weighted by Crippen LogP contribution is -2.09. The highest BCUT2D eigenvalue weighted by Crippen LogP contribution is 2.32. The van der Waals surface area contributed by atoms with Crippen LogP contribution < -0.4 is 0 Å². The summed E-state index contributed by atoms with van der Waals surface area (Å²) in [5.41, 5.74) is 1.22. The number of non-ortho nitro benzene ring substituents is 1. The first-order valence-electron chi connectivity index (χ1n) is 6.33.